The van der Waals surface area contributed by atoms with Crippen LogP contribution in [-0.2, 0) is 11.4 Å². The Morgan fingerprint density at radius 2 is 1.67 bits per heavy atom. The number of halogens is 1. The number of nitrogens with one attached hydrogen (secondary N) is 1. The highest BCUT2D eigenvalue weighted by atomic mass is 79.9. The smallest absolute Gasteiger partial charge is 0.266 e. The zero-order chi connectivity index (χ0) is 21.5. The van der Waals surface area contributed by atoms with Crippen molar-refractivity contribution in [2.45, 2.75) is 20.5 Å². The summed E-state index contributed by atoms with van der Waals surface area (Å²) >= 11 is 3.44. The molecule has 3 aromatic carbocycles. The van der Waals surface area contributed by atoms with Gasteiger partial charge in [0.25, 0.3) is 5.91 Å². The van der Waals surface area contributed by atoms with Crippen molar-refractivity contribution in [3.63, 3.8) is 0 Å². The van der Waals surface area contributed by atoms with Gasteiger partial charge in [-0.3, -0.25) is 4.79 Å². The van der Waals surface area contributed by atoms with Gasteiger partial charge in [0.05, 0.1) is 0 Å². The largest absolute Gasteiger partial charge is 0.488 e. The normalized spacial score (nSPS) is 10.9. The van der Waals surface area contributed by atoms with Crippen LogP contribution in [0.2, 0.25) is 0 Å². The number of aryl methyl sites for hydroxylation is 2. The summed E-state index contributed by atoms with van der Waals surface area (Å²) in [6.07, 6.45) is 1.54. The summed E-state index contributed by atoms with van der Waals surface area (Å²) in [5.74, 6) is 0.125. The highest BCUT2D eigenvalue weighted by Gasteiger charge is 2.12. The molecule has 4 nitrogen and oxygen atoms in total. The number of amides is 1. The molecule has 0 unspecified atom stereocenters. The molecular formula is C25H21BrN2O2. The number of carbonyl (C=O) groups excluding carboxylic acids is 1. The van der Waals surface area contributed by atoms with Crippen LogP contribution in [0.3, 0.4) is 0 Å². The van der Waals surface area contributed by atoms with E-state index in [2.05, 4.69) is 21.2 Å². The van der Waals surface area contributed by atoms with Crippen LogP contribution in [0.1, 0.15) is 22.3 Å². The second-order valence-electron chi connectivity index (χ2n) is 6.95. The average molecular weight is 461 g/mol. The first-order valence-electron chi connectivity index (χ1n) is 9.42. The molecule has 0 fully saturated rings. The van der Waals surface area contributed by atoms with Crippen molar-refractivity contribution in [3.05, 3.63) is 99.0 Å². The molecule has 150 valence electrons. The van der Waals surface area contributed by atoms with Gasteiger partial charge in [-0.05, 0) is 55.8 Å². The maximum atomic E-state index is 12.6. The second-order valence-corrected chi connectivity index (χ2v) is 7.86. The van der Waals surface area contributed by atoms with Gasteiger partial charge < -0.3 is 10.1 Å². The van der Waals surface area contributed by atoms with E-state index in [1.807, 2.05) is 74.5 Å². The lowest BCUT2D eigenvalue weighted by Gasteiger charge is -2.11. The quantitative estimate of drug-likeness (QED) is 0.352. The lowest BCUT2D eigenvalue weighted by molar-refractivity contribution is -0.112. The van der Waals surface area contributed by atoms with E-state index in [4.69, 9.17) is 4.74 Å². The lowest BCUT2D eigenvalue weighted by Crippen LogP contribution is -2.13. The minimum atomic E-state index is -0.467. The summed E-state index contributed by atoms with van der Waals surface area (Å²) in [6.45, 7) is 4.39. The number of nitrogens with zero attached hydrogens (tertiary/aromatic N) is 1. The fourth-order valence-corrected chi connectivity index (χ4v) is 3.13. The predicted molar refractivity (Wildman–Crippen MR) is 123 cm³/mol. The molecule has 30 heavy (non-hydrogen) atoms. The average Bonchev–Trinajstić information content (AvgIpc) is 2.74. The number of nitriles is 1. The standard InChI is InChI=1S/C25H21BrN2O2/c1-17-3-7-19(8-4-17)16-30-24-12-9-22(26)14-20(24)13-21(15-27)25(29)28-23-10-5-18(2)6-11-23/h3-14H,16H2,1-2H3,(H,28,29)/b21-13+. The van der Waals surface area contributed by atoms with Gasteiger partial charge >= 0.3 is 0 Å². The second kappa shape index (κ2) is 9.91. The number of rotatable bonds is 6. The van der Waals surface area contributed by atoms with Crippen LogP contribution >= 0.6 is 15.9 Å². The zero-order valence-corrected chi connectivity index (χ0v) is 18.4. The number of anilines is 1. The number of carbonyl (C=O) groups is 1. The molecule has 0 aromatic heterocycles. The summed E-state index contributed by atoms with van der Waals surface area (Å²) in [6, 6.07) is 23.0. The van der Waals surface area contributed by atoms with Crippen LogP contribution in [0.25, 0.3) is 6.08 Å². The summed E-state index contributed by atoms with van der Waals surface area (Å²) in [4.78, 5) is 12.6. The maximum absolute atomic E-state index is 12.6. The van der Waals surface area contributed by atoms with Crippen LogP contribution in [-0.4, -0.2) is 5.91 Å². The minimum Gasteiger partial charge on any atom is -0.488 e. The monoisotopic (exact) mass is 460 g/mol. The van der Waals surface area contributed by atoms with Gasteiger partial charge in [0.1, 0.15) is 24.0 Å². The molecule has 3 rings (SSSR count). The summed E-state index contributed by atoms with van der Waals surface area (Å²) in [5.41, 5.74) is 4.59. The van der Waals surface area contributed by atoms with Gasteiger partial charge in [0, 0.05) is 15.7 Å². The molecule has 0 spiro atoms. The van der Waals surface area contributed by atoms with E-state index in [1.54, 1.807) is 18.2 Å². The molecule has 0 atom stereocenters. The molecule has 0 aliphatic heterocycles. The van der Waals surface area contributed by atoms with Crippen LogP contribution in [0, 0.1) is 25.2 Å². The van der Waals surface area contributed by atoms with Gasteiger partial charge in [-0.2, -0.15) is 5.26 Å². The van der Waals surface area contributed by atoms with Crippen LogP contribution in [0.15, 0.2) is 76.8 Å². The molecule has 0 radical (unpaired) electrons. The van der Waals surface area contributed by atoms with Crippen LogP contribution in [0.5, 0.6) is 5.75 Å². The summed E-state index contributed by atoms with van der Waals surface area (Å²) < 4.78 is 6.79. The van der Waals surface area contributed by atoms with Crippen molar-refractivity contribution in [2.75, 3.05) is 5.32 Å². The van der Waals surface area contributed by atoms with E-state index in [0.717, 1.165) is 15.6 Å². The molecule has 3 aromatic rings. The summed E-state index contributed by atoms with van der Waals surface area (Å²) in [5, 5.41) is 12.3. The highest BCUT2D eigenvalue weighted by molar-refractivity contribution is 9.10. The minimum absolute atomic E-state index is 0.00568. The van der Waals surface area contributed by atoms with Crippen molar-refractivity contribution in [1.82, 2.24) is 0 Å². The fraction of sp³-hybridized carbons (Fsp3) is 0.120. The van der Waals surface area contributed by atoms with Gasteiger partial charge in [0.2, 0.25) is 0 Å². The molecule has 0 heterocycles. The third-order valence-electron chi connectivity index (χ3n) is 4.46. The number of benzene rings is 3. The molecule has 0 aliphatic rings. The zero-order valence-electron chi connectivity index (χ0n) is 16.8. The predicted octanol–water partition coefficient (Wildman–Crippen LogP) is 6.19. The Morgan fingerprint density at radius 1 is 1.03 bits per heavy atom. The Balaban J connectivity index is 1.81. The van der Waals surface area contributed by atoms with Crippen LogP contribution < -0.4 is 10.1 Å². The molecule has 0 saturated carbocycles. The number of hydrogen-bond donors (Lipinski definition) is 1. The first-order valence-corrected chi connectivity index (χ1v) is 10.2. The first-order chi connectivity index (χ1) is 14.4. The van der Waals surface area contributed by atoms with Crippen molar-refractivity contribution < 1.29 is 9.53 Å². The first kappa shape index (κ1) is 21.4. The molecule has 0 saturated heterocycles. The molecule has 5 heteroatoms. The van der Waals surface area contributed by atoms with Crippen LogP contribution in [0.4, 0.5) is 5.69 Å². The Kier molecular flexibility index (Phi) is 7.05. The van der Waals surface area contributed by atoms with E-state index >= 15 is 0 Å². The Bertz CT molecular complexity index is 1110. The van der Waals surface area contributed by atoms with E-state index in [9.17, 15) is 10.1 Å². The van der Waals surface area contributed by atoms with E-state index < -0.39 is 5.91 Å². The molecule has 0 aliphatic carbocycles. The molecule has 1 amide bonds. The third kappa shape index (κ3) is 5.82. The van der Waals surface area contributed by atoms with Gasteiger partial charge in [-0.25, -0.2) is 0 Å². The van der Waals surface area contributed by atoms with Crippen molar-refractivity contribution in [1.29, 1.82) is 5.26 Å². The molecule has 0 bridgehead atoms. The SMILES string of the molecule is Cc1ccc(COc2ccc(Br)cc2/C=C(\C#N)C(=O)Nc2ccc(C)cc2)cc1. The highest BCUT2D eigenvalue weighted by Crippen LogP contribution is 2.27. The van der Waals surface area contributed by atoms with Gasteiger partial charge in [0.15, 0.2) is 0 Å². The van der Waals surface area contributed by atoms with E-state index in [-0.39, 0.29) is 5.57 Å². The van der Waals surface area contributed by atoms with Crippen molar-refractivity contribution >= 4 is 33.6 Å². The van der Waals surface area contributed by atoms with E-state index in [1.165, 1.54) is 5.56 Å². The topological polar surface area (TPSA) is 62.1 Å². The van der Waals surface area contributed by atoms with Gasteiger partial charge in [-0.15, -0.1) is 0 Å². The molecule has 1 N–H and O–H groups in total. The Labute approximate surface area is 184 Å². The summed E-state index contributed by atoms with van der Waals surface area (Å²) in [7, 11) is 0. The fourth-order valence-electron chi connectivity index (χ4n) is 2.75. The number of ether oxygens (including phenoxy) is 1. The maximum Gasteiger partial charge on any atom is 0.266 e. The number of hydrogen-bond acceptors (Lipinski definition) is 3. The lowest BCUT2D eigenvalue weighted by atomic mass is 10.1. The van der Waals surface area contributed by atoms with Crippen molar-refractivity contribution in [2.24, 2.45) is 0 Å². The molecular weight excluding hydrogens is 440 g/mol. The third-order valence-corrected chi connectivity index (χ3v) is 4.95. The Morgan fingerprint density at radius 3 is 2.30 bits per heavy atom. The van der Waals surface area contributed by atoms with Crippen molar-refractivity contribution in [3.8, 4) is 11.8 Å². The Hall–Kier alpha value is -3.36. The van der Waals surface area contributed by atoms with Gasteiger partial charge in [-0.1, -0.05) is 63.5 Å². The van der Waals surface area contributed by atoms with E-state index in [0.29, 0.717) is 23.6 Å².